The lowest BCUT2D eigenvalue weighted by Gasteiger charge is -2.12. The summed E-state index contributed by atoms with van der Waals surface area (Å²) in [6, 6.07) is 13.6. The lowest BCUT2D eigenvalue weighted by molar-refractivity contribution is -0.119. The van der Waals surface area contributed by atoms with Crippen LogP contribution in [-0.2, 0) is 24.2 Å². The van der Waals surface area contributed by atoms with Gasteiger partial charge >= 0.3 is 0 Å². The maximum atomic E-state index is 11.6. The van der Waals surface area contributed by atoms with Crippen LogP contribution in [0, 0.1) is 0 Å². The van der Waals surface area contributed by atoms with Crippen molar-refractivity contribution in [3.05, 3.63) is 64.2 Å². The standard InChI is InChI=1S/C18H20ClNO2/c1-3-13-8-9-17(16(19)10-13)22-12-15-7-5-4-6-14(15)11-18(21)20-2/h4-10H,3,11-12H2,1-2H3,(H,20,21). The topological polar surface area (TPSA) is 38.3 Å². The fourth-order valence-corrected chi connectivity index (χ4v) is 2.43. The number of hydrogen-bond acceptors (Lipinski definition) is 2. The van der Waals surface area contributed by atoms with E-state index in [0.29, 0.717) is 23.8 Å². The molecule has 1 amide bonds. The van der Waals surface area contributed by atoms with Crippen molar-refractivity contribution in [2.45, 2.75) is 26.4 Å². The zero-order chi connectivity index (χ0) is 15.9. The minimum atomic E-state index is -0.0159. The maximum Gasteiger partial charge on any atom is 0.224 e. The van der Waals surface area contributed by atoms with Gasteiger partial charge in [0.2, 0.25) is 5.91 Å². The number of carbonyl (C=O) groups excluding carboxylic acids is 1. The van der Waals surface area contributed by atoms with E-state index in [9.17, 15) is 4.79 Å². The second-order valence-electron chi connectivity index (χ2n) is 5.03. The van der Waals surface area contributed by atoms with Gasteiger partial charge in [-0.05, 0) is 35.2 Å². The van der Waals surface area contributed by atoms with E-state index in [1.54, 1.807) is 7.05 Å². The zero-order valence-electron chi connectivity index (χ0n) is 12.9. The van der Waals surface area contributed by atoms with Crippen LogP contribution in [0.4, 0.5) is 0 Å². The average Bonchev–Trinajstić information content (AvgIpc) is 2.54. The summed E-state index contributed by atoms with van der Waals surface area (Å²) in [6.07, 6.45) is 1.29. The first-order chi connectivity index (χ1) is 10.6. The first-order valence-corrected chi connectivity index (χ1v) is 7.70. The minimum Gasteiger partial charge on any atom is -0.487 e. The number of aryl methyl sites for hydroxylation is 1. The van der Waals surface area contributed by atoms with Crippen LogP contribution in [0.25, 0.3) is 0 Å². The fraction of sp³-hybridized carbons (Fsp3) is 0.278. The first-order valence-electron chi connectivity index (χ1n) is 7.32. The molecule has 0 heterocycles. The third-order valence-corrected chi connectivity index (χ3v) is 3.83. The van der Waals surface area contributed by atoms with Gasteiger partial charge in [-0.15, -0.1) is 0 Å². The van der Waals surface area contributed by atoms with E-state index in [-0.39, 0.29) is 5.91 Å². The Balaban J connectivity index is 2.10. The van der Waals surface area contributed by atoms with Crippen molar-refractivity contribution < 1.29 is 9.53 Å². The van der Waals surface area contributed by atoms with Crippen molar-refractivity contribution in [2.75, 3.05) is 7.05 Å². The Morgan fingerprint density at radius 3 is 2.55 bits per heavy atom. The summed E-state index contributed by atoms with van der Waals surface area (Å²) in [5.41, 5.74) is 3.13. The smallest absolute Gasteiger partial charge is 0.224 e. The molecule has 116 valence electrons. The van der Waals surface area contributed by atoms with Gasteiger partial charge in [0.05, 0.1) is 11.4 Å². The summed E-state index contributed by atoms with van der Waals surface area (Å²) in [6.45, 7) is 2.47. The van der Waals surface area contributed by atoms with Gasteiger partial charge < -0.3 is 10.1 Å². The highest BCUT2D eigenvalue weighted by Crippen LogP contribution is 2.27. The molecular weight excluding hydrogens is 298 g/mol. The van der Waals surface area contributed by atoms with Gasteiger partial charge in [0.1, 0.15) is 12.4 Å². The van der Waals surface area contributed by atoms with Crippen LogP contribution >= 0.6 is 11.6 Å². The van der Waals surface area contributed by atoms with Gasteiger partial charge in [-0.3, -0.25) is 4.79 Å². The molecule has 0 bridgehead atoms. The largest absolute Gasteiger partial charge is 0.487 e. The Kier molecular flexibility index (Phi) is 5.84. The van der Waals surface area contributed by atoms with Crippen molar-refractivity contribution >= 4 is 17.5 Å². The van der Waals surface area contributed by atoms with E-state index in [1.165, 1.54) is 5.56 Å². The molecule has 0 spiro atoms. The maximum absolute atomic E-state index is 11.6. The van der Waals surface area contributed by atoms with E-state index < -0.39 is 0 Å². The van der Waals surface area contributed by atoms with Crippen molar-refractivity contribution in [1.29, 1.82) is 0 Å². The summed E-state index contributed by atoms with van der Waals surface area (Å²) in [7, 11) is 1.64. The molecule has 2 aromatic carbocycles. The van der Waals surface area contributed by atoms with Gasteiger partial charge in [-0.25, -0.2) is 0 Å². The molecule has 0 aromatic heterocycles. The number of benzene rings is 2. The van der Waals surface area contributed by atoms with Crippen molar-refractivity contribution in [1.82, 2.24) is 5.32 Å². The number of likely N-dealkylation sites (N-methyl/N-ethyl adjacent to an activating group) is 1. The van der Waals surface area contributed by atoms with E-state index in [1.807, 2.05) is 42.5 Å². The molecule has 0 atom stereocenters. The highest BCUT2D eigenvalue weighted by Gasteiger charge is 2.08. The number of hydrogen-bond donors (Lipinski definition) is 1. The monoisotopic (exact) mass is 317 g/mol. The minimum absolute atomic E-state index is 0.0159. The summed E-state index contributed by atoms with van der Waals surface area (Å²) in [5, 5.41) is 3.25. The van der Waals surface area contributed by atoms with Crippen LogP contribution in [0.3, 0.4) is 0 Å². The van der Waals surface area contributed by atoms with Crippen LogP contribution in [-0.4, -0.2) is 13.0 Å². The Labute approximate surface area is 136 Å². The zero-order valence-corrected chi connectivity index (χ0v) is 13.6. The number of amides is 1. The second kappa shape index (κ2) is 7.85. The summed E-state index contributed by atoms with van der Waals surface area (Å²) < 4.78 is 5.81. The Bertz CT molecular complexity index is 655. The molecule has 0 unspecified atom stereocenters. The number of rotatable bonds is 6. The Hall–Kier alpha value is -2.00. The molecule has 22 heavy (non-hydrogen) atoms. The SMILES string of the molecule is CCc1ccc(OCc2ccccc2CC(=O)NC)c(Cl)c1. The first kappa shape index (κ1) is 16.4. The molecule has 0 saturated carbocycles. The molecule has 0 saturated heterocycles. The lowest BCUT2D eigenvalue weighted by Crippen LogP contribution is -2.20. The molecule has 2 aromatic rings. The van der Waals surface area contributed by atoms with Crippen LogP contribution in [0.5, 0.6) is 5.75 Å². The van der Waals surface area contributed by atoms with Crippen LogP contribution in [0.15, 0.2) is 42.5 Å². The average molecular weight is 318 g/mol. The number of halogens is 1. The molecule has 3 nitrogen and oxygen atoms in total. The fourth-order valence-electron chi connectivity index (χ4n) is 2.17. The van der Waals surface area contributed by atoms with Gasteiger partial charge in [0.15, 0.2) is 0 Å². The van der Waals surface area contributed by atoms with Crippen LogP contribution in [0.2, 0.25) is 5.02 Å². The summed E-state index contributed by atoms with van der Waals surface area (Å²) in [5.74, 6) is 0.645. The third kappa shape index (κ3) is 4.25. The van der Waals surface area contributed by atoms with Crippen LogP contribution < -0.4 is 10.1 Å². The molecular formula is C18H20ClNO2. The van der Waals surface area contributed by atoms with E-state index >= 15 is 0 Å². The number of carbonyl (C=O) groups is 1. The van der Waals surface area contributed by atoms with Crippen molar-refractivity contribution in [2.24, 2.45) is 0 Å². The highest BCUT2D eigenvalue weighted by atomic mass is 35.5. The highest BCUT2D eigenvalue weighted by molar-refractivity contribution is 6.32. The second-order valence-corrected chi connectivity index (χ2v) is 5.43. The van der Waals surface area contributed by atoms with E-state index in [4.69, 9.17) is 16.3 Å². The Morgan fingerprint density at radius 1 is 1.18 bits per heavy atom. The van der Waals surface area contributed by atoms with Crippen molar-refractivity contribution in [3.63, 3.8) is 0 Å². The molecule has 0 aliphatic carbocycles. The number of ether oxygens (including phenoxy) is 1. The molecule has 0 aliphatic heterocycles. The quantitative estimate of drug-likeness (QED) is 0.880. The predicted molar refractivity (Wildman–Crippen MR) is 89.4 cm³/mol. The van der Waals surface area contributed by atoms with Gasteiger partial charge in [0, 0.05) is 7.05 Å². The molecule has 0 radical (unpaired) electrons. The molecule has 4 heteroatoms. The molecule has 1 N–H and O–H groups in total. The van der Waals surface area contributed by atoms with E-state index in [2.05, 4.69) is 12.2 Å². The third-order valence-electron chi connectivity index (χ3n) is 3.54. The summed E-state index contributed by atoms with van der Waals surface area (Å²) >= 11 is 6.23. The summed E-state index contributed by atoms with van der Waals surface area (Å²) in [4.78, 5) is 11.6. The molecule has 0 fully saturated rings. The normalized spacial score (nSPS) is 10.3. The lowest BCUT2D eigenvalue weighted by atomic mass is 10.0. The predicted octanol–water partition coefficient (Wildman–Crippen LogP) is 3.77. The van der Waals surface area contributed by atoms with Gasteiger partial charge in [0.25, 0.3) is 0 Å². The molecule has 0 aliphatic rings. The Morgan fingerprint density at radius 2 is 1.91 bits per heavy atom. The molecule has 2 rings (SSSR count). The number of nitrogens with one attached hydrogen (secondary N) is 1. The van der Waals surface area contributed by atoms with Gasteiger partial charge in [-0.2, -0.15) is 0 Å². The van der Waals surface area contributed by atoms with Crippen LogP contribution in [0.1, 0.15) is 23.6 Å². The van der Waals surface area contributed by atoms with E-state index in [0.717, 1.165) is 17.5 Å². The van der Waals surface area contributed by atoms with Crippen molar-refractivity contribution in [3.8, 4) is 5.75 Å². The van der Waals surface area contributed by atoms with Gasteiger partial charge in [-0.1, -0.05) is 48.9 Å².